The molecule has 0 aliphatic rings. The molecule has 2 unspecified atom stereocenters. The zero-order chi connectivity index (χ0) is 17.8. The number of carbonyl (C=O) groups excluding carboxylic acids is 3. The number of rotatable bonds is 11. The van der Waals surface area contributed by atoms with Gasteiger partial charge < -0.3 is 26.8 Å². The normalized spacial score (nSPS) is 12.8. The largest absolute Gasteiger partial charge is 0.480 e. The quantitative estimate of drug-likeness (QED) is 0.227. The average Bonchev–Trinajstić information content (AvgIpc) is 2.53. The molecular weight excluding hydrogens is 344 g/mol. The minimum Gasteiger partial charge on any atom is -0.480 e. The number of nitrogens with one attached hydrogen (secondary N) is 3. The summed E-state index contributed by atoms with van der Waals surface area (Å²) in [4.78, 5) is 45.5. The molecule has 11 heteroatoms. The lowest BCUT2D eigenvalue weighted by molar-refractivity contribution is -0.138. The first-order valence-corrected chi connectivity index (χ1v) is 8.76. The van der Waals surface area contributed by atoms with Crippen LogP contribution in [0.2, 0.25) is 0 Å². The topological polar surface area (TPSA) is 151 Å². The second-order valence-electron chi connectivity index (χ2n) is 4.52. The number of hydrogen-bond donors (Lipinski definition) is 6. The minimum atomic E-state index is -1.18. The SMILES string of the molecule is CSCCC(NC(=O)CNC(=O)C(N)CS)C(=O)NCC(=O)O. The molecule has 0 aromatic carbocycles. The van der Waals surface area contributed by atoms with Gasteiger partial charge in [0.15, 0.2) is 0 Å². The summed E-state index contributed by atoms with van der Waals surface area (Å²) in [5.41, 5.74) is 5.44. The summed E-state index contributed by atoms with van der Waals surface area (Å²) in [5.74, 6) is -2.12. The highest BCUT2D eigenvalue weighted by molar-refractivity contribution is 7.98. The Labute approximate surface area is 143 Å². The number of thiol groups is 1. The van der Waals surface area contributed by atoms with Crippen LogP contribution in [0.25, 0.3) is 0 Å². The van der Waals surface area contributed by atoms with Crippen molar-refractivity contribution in [3.05, 3.63) is 0 Å². The monoisotopic (exact) mass is 366 g/mol. The van der Waals surface area contributed by atoms with Gasteiger partial charge in [0.05, 0.1) is 12.6 Å². The van der Waals surface area contributed by atoms with Gasteiger partial charge in [-0.15, -0.1) is 0 Å². The zero-order valence-electron chi connectivity index (χ0n) is 12.7. The van der Waals surface area contributed by atoms with Crippen LogP contribution >= 0.6 is 24.4 Å². The van der Waals surface area contributed by atoms with E-state index >= 15 is 0 Å². The summed E-state index contributed by atoms with van der Waals surface area (Å²) in [6.45, 7) is -0.861. The highest BCUT2D eigenvalue weighted by Crippen LogP contribution is 2.01. The summed E-state index contributed by atoms with van der Waals surface area (Å²) in [6, 6.07) is -1.69. The lowest BCUT2D eigenvalue weighted by Gasteiger charge is -2.18. The fraction of sp³-hybridized carbons (Fsp3) is 0.667. The highest BCUT2D eigenvalue weighted by Gasteiger charge is 2.21. The van der Waals surface area contributed by atoms with Crippen molar-refractivity contribution in [2.45, 2.75) is 18.5 Å². The predicted octanol–water partition coefficient (Wildman–Crippen LogP) is -2.20. The number of carboxylic acid groups (broad SMARTS) is 1. The summed E-state index contributed by atoms with van der Waals surface area (Å²) >= 11 is 5.35. The number of nitrogens with two attached hydrogens (primary N) is 1. The molecule has 0 saturated heterocycles. The van der Waals surface area contributed by atoms with E-state index in [1.807, 2.05) is 6.26 Å². The highest BCUT2D eigenvalue weighted by atomic mass is 32.2. The lowest BCUT2D eigenvalue weighted by atomic mass is 10.2. The third-order valence-corrected chi connectivity index (χ3v) is 3.67. The maximum absolute atomic E-state index is 11.9. The van der Waals surface area contributed by atoms with Crippen molar-refractivity contribution in [1.29, 1.82) is 0 Å². The van der Waals surface area contributed by atoms with E-state index in [1.165, 1.54) is 11.8 Å². The van der Waals surface area contributed by atoms with Gasteiger partial charge in [-0.2, -0.15) is 24.4 Å². The van der Waals surface area contributed by atoms with Gasteiger partial charge in [0.2, 0.25) is 17.7 Å². The number of amides is 3. The van der Waals surface area contributed by atoms with Crippen molar-refractivity contribution in [2.24, 2.45) is 5.73 Å². The molecule has 0 aliphatic heterocycles. The average molecular weight is 366 g/mol. The molecule has 3 amide bonds. The first-order valence-electron chi connectivity index (χ1n) is 6.73. The zero-order valence-corrected chi connectivity index (χ0v) is 14.4. The Kier molecular flexibility index (Phi) is 11.3. The fourth-order valence-corrected chi connectivity index (χ4v) is 2.05. The number of carbonyl (C=O) groups is 4. The van der Waals surface area contributed by atoms with Gasteiger partial charge in [0.25, 0.3) is 0 Å². The Morgan fingerprint density at radius 1 is 1.17 bits per heavy atom. The molecule has 6 N–H and O–H groups in total. The maximum Gasteiger partial charge on any atom is 0.322 e. The molecule has 23 heavy (non-hydrogen) atoms. The fourth-order valence-electron chi connectivity index (χ4n) is 1.42. The van der Waals surface area contributed by atoms with Crippen molar-refractivity contribution in [2.75, 3.05) is 30.9 Å². The van der Waals surface area contributed by atoms with Crippen LogP contribution in [0, 0.1) is 0 Å². The molecule has 2 atom stereocenters. The Morgan fingerprint density at radius 2 is 1.78 bits per heavy atom. The first-order chi connectivity index (χ1) is 10.8. The maximum atomic E-state index is 11.9. The minimum absolute atomic E-state index is 0.140. The number of carboxylic acids is 1. The molecule has 0 heterocycles. The molecule has 0 aromatic heterocycles. The predicted molar refractivity (Wildman–Crippen MR) is 90.4 cm³/mol. The molecular formula is C12H22N4O5S2. The molecule has 0 spiro atoms. The van der Waals surface area contributed by atoms with E-state index in [0.717, 1.165) is 0 Å². The lowest BCUT2D eigenvalue weighted by Crippen LogP contribution is -2.51. The van der Waals surface area contributed by atoms with E-state index in [-0.39, 0.29) is 12.3 Å². The molecule has 9 nitrogen and oxygen atoms in total. The Balaban J connectivity index is 4.45. The van der Waals surface area contributed by atoms with Crippen LogP contribution in [0.5, 0.6) is 0 Å². The number of thioether (sulfide) groups is 1. The van der Waals surface area contributed by atoms with Crippen LogP contribution in [0.15, 0.2) is 0 Å². The van der Waals surface area contributed by atoms with E-state index in [9.17, 15) is 19.2 Å². The van der Waals surface area contributed by atoms with Crippen molar-refractivity contribution < 1.29 is 24.3 Å². The third kappa shape index (κ3) is 10.0. The van der Waals surface area contributed by atoms with Crippen LogP contribution in [0.4, 0.5) is 0 Å². The van der Waals surface area contributed by atoms with Gasteiger partial charge in [-0.05, 0) is 18.4 Å². The van der Waals surface area contributed by atoms with Crippen LogP contribution in [0.3, 0.4) is 0 Å². The standard InChI is InChI=1S/C12H22N4O5S2/c1-23-3-2-8(12(21)15-5-10(18)19)16-9(17)4-14-11(20)7(13)6-22/h7-8,22H,2-6,13H2,1H3,(H,14,20)(H,15,21)(H,16,17)(H,18,19). The summed E-state index contributed by atoms with van der Waals surface area (Å²) in [7, 11) is 0. The molecule has 0 aromatic rings. The van der Waals surface area contributed by atoms with E-state index in [4.69, 9.17) is 10.8 Å². The van der Waals surface area contributed by atoms with Crippen LogP contribution in [-0.4, -0.2) is 71.7 Å². The van der Waals surface area contributed by atoms with Crippen LogP contribution in [0.1, 0.15) is 6.42 Å². The van der Waals surface area contributed by atoms with Crippen LogP contribution < -0.4 is 21.7 Å². The molecule has 0 radical (unpaired) electrons. The second-order valence-corrected chi connectivity index (χ2v) is 5.87. The van der Waals surface area contributed by atoms with Crippen molar-refractivity contribution in [1.82, 2.24) is 16.0 Å². The van der Waals surface area contributed by atoms with Crippen molar-refractivity contribution in [3.63, 3.8) is 0 Å². The molecule has 0 aliphatic carbocycles. The van der Waals surface area contributed by atoms with Gasteiger partial charge in [0, 0.05) is 5.75 Å². The molecule has 0 saturated carbocycles. The van der Waals surface area contributed by atoms with Crippen LogP contribution in [-0.2, 0) is 19.2 Å². The molecule has 0 rings (SSSR count). The smallest absolute Gasteiger partial charge is 0.322 e. The Hall–Kier alpha value is -1.46. The number of hydrogen-bond acceptors (Lipinski definition) is 7. The van der Waals surface area contributed by atoms with Crippen molar-refractivity contribution >= 4 is 48.1 Å². The molecule has 132 valence electrons. The summed E-state index contributed by atoms with van der Waals surface area (Å²) in [5, 5.41) is 15.5. The third-order valence-electron chi connectivity index (χ3n) is 2.63. The van der Waals surface area contributed by atoms with Gasteiger partial charge >= 0.3 is 5.97 Å². The van der Waals surface area contributed by atoms with Gasteiger partial charge in [-0.3, -0.25) is 19.2 Å². The van der Waals surface area contributed by atoms with E-state index in [1.54, 1.807) is 0 Å². The molecule has 0 bridgehead atoms. The van der Waals surface area contributed by atoms with Gasteiger partial charge in [-0.25, -0.2) is 0 Å². The van der Waals surface area contributed by atoms with E-state index in [2.05, 4.69) is 28.6 Å². The van der Waals surface area contributed by atoms with E-state index in [0.29, 0.717) is 12.2 Å². The Morgan fingerprint density at radius 3 is 2.30 bits per heavy atom. The number of aliphatic carboxylic acids is 1. The van der Waals surface area contributed by atoms with Crippen molar-refractivity contribution in [3.8, 4) is 0 Å². The summed E-state index contributed by atoms with van der Waals surface area (Å²) < 4.78 is 0. The first kappa shape index (κ1) is 21.5. The Bertz CT molecular complexity index is 436. The summed E-state index contributed by atoms with van der Waals surface area (Å²) in [6.07, 6.45) is 2.18. The van der Waals surface area contributed by atoms with E-state index < -0.39 is 42.3 Å². The second kappa shape index (κ2) is 12.0. The van der Waals surface area contributed by atoms with Gasteiger partial charge in [-0.1, -0.05) is 0 Å². The molecule has 0 fully saturated rings. The van der Waals surface area contributed by atoms with Gasteiger partial charge in [0.1, 0.15) is 12.6 Å².